The highest BCUT2D eigenvalue weighted by atomic mass is 16.5. The van der Waals surface area contributed by atoms with Crippen molar-refractivity contribution in [2.45, 2.75) is 19.9 Å². The third-order valence-corrected chi connectivity index (χ3v) is 3.23. The number of aromatic carboxylic acids is 1. The van der Waals surface area contributed by atoms with E-state index in [0.29, 0.717) is 18.0 Å². The Morgan fingerprint density at radius 1 is 1.24 bits per heavy atom. The molecule has 0 amide bonds. The summed E-state index contributed by atoms with van der Waals surface area (Å²) in [5, 5.41) is 9.08. The number of aromatic nitrogens is 1. The first-order chi connectivity index (χ1) is 10.1. The molecular formula is C16H17NO4. The highest BCUT2D eigenvalue weighted by Gasteiger charge is 2.16. The molecule has 5 heteroatoms. The Bertz CT molecular complexity index is 718. The number of benzene rings is 1. The minimum atomic E-state index is -1.21. The van der Waals surface area contributed by atoms with Crippen LogP contribution in [0.4, 0.5) is 0 Å². The van der Waals surface area contributed by atoms with Crippen LogP contribution in [0.3, 0.4) is 0 Å². The van der Waals surface area contributed by atoms with Crippen LogP contribution in [-0.2, 0) is 6.54 Å². The van der Waals surface area contributed by atoms with Crippen molar-refractivity contribution in [3.05, 3.63) is 52.3 Å². The Morgan fingerprint density at radius 3 is 2.57 bits per heavy atom. The number of hydrogen-bond acceptors (Lipinski definition) is 3. The van der Waals surface area contributed by atoms with Crippen LogP contribution in [0.5, 0.6) is 5.75 Å². The topological polar surface area (TPSA) is 68.5 Å². The second kappa shape index (κ2) is 6.26. The van der Waals surface area contributed by atoms with E-state index in [0.717, 1.165) is 12.0 Å². The Hall–Kier alpha value is -2.56. The molecule has 1 aromatic carbocycles. The maximum absolute atomic E-state index is 12.3. The summed E-state index contributed by atoms with van der Waals surface area (Å²) in [6.45, 7) is 2.39. The number of hydrogen-bond donors (Lipinski definition) is 1. The van der Waals surface area contributed by atoms with Gasteiger partial charge < -0.3 is 14.4 Å². The van der Waals surface area contributed by atoms with Crippen molar-refractivity contribution in [3.8, 4) is 17.0 Å². The minimum Gasteiger partial charge on any atom is -0.496 e. The fourth-order valence-electron chi connectivity index (χ4n) is 2.28. The van der Waals surface area contributed by atoms with Gasteiger partial charge in [-0.25, -0.2) is 4.79 Å². The number of carboxylic acids is 1. The van der Waals surface area contributed by atoms with Gasteiger partial charge in [-0.1, -0.05) is 19.1 Å². The van der Waals surface area contributed by atoms with E-state index in [-0.39, 0.29) is 5.56 Å². The lowest BCUT2D eigenvalue weighted by Crippen LogP contribution is -2.27. The molecule has 21 heavy (non-hydrogen) atoms. The van der Waals surface area contributed by atoms with Gasteiger partial charge in [0.15, 0.2) is 0 Å². The standard InChI is InChI=1S/C16H17NO4/c1-3-10-17-13(9-8-12(15(17)18)16(19)20)11-6-4-5-7-14(11)21-2/h4-9H,3,10H2,1-2H3,(H,19,20). The van der Waals surface area contributed by atoms with Crippen LogP contribution in [0, 0.1) is 0 Å². The number of para-hydroxylation sites is 1. The number of rotatable bonds is 5. The zero-order chi connectivity index (χ0) is 15.4. The number of methoxy groups -OCH3 is 1. The van der Waals surface area contributed by atoms with Crippen molar-refractivity contribution < 1.29 is 14.6 Å². The molecule has 1 aromatic heterocycles. The van der Waals surface area contributed by atoms with Gasteiger partial charge in [0.25, 0.3) is 5.56 Å². The van der Waals surface area contributed by atoms with Crippen LogP contribution in [-0.4, -0.2) is 22.8 Å². The highest BCUT2D eigenvalue weighted by molar-refractivity contribution is 5.87. The molecule has 0 aliphatic heterocycles. The summed E-state index contributed by atoms with van der Waals surface area (Å²) in [4.78, 5) is 23.4. The van der Waals surface area contributed by atoms with Crippen LogP contribution in [0.2, 0.25) is 0 Å². The Labute approximate surface area is 122 Å². The highest BCUT2D eigenvalue weighted by Crippen LogP contribution is 2.29. The van der Waals surface area contributed by atoms with E-state index in [1.54, 1.807) is 19.2 Å². The quantitative estimate of drug-likeness (QED) is 0.918. The average molecular weight is 287 g/mol. The van der Waals surface area contributed by atoms with Gasteiger partial charge in [0.1, 0.15) is 11.3 Å². The molecular weight excluding hydrogens is 270 g/mol. The molecule has 2 aromatic rings. The van der Waals surface area contributed by atoms with Crippen molar-refractivity contribution >= 4 is 5.97 Å². The molecule has 0 unspecified atom stereocenters. The monoisotopic (exact) mass is 287 g/mol. The predicted octanol–water partition coefficient (Wildman–Crippen LogP) is 2.63. The first-order valence-corrected chi connectivity index (χ1v) is 6.70. The number of carbonyl (C=O) groups is 1. The van der Waals surface area contributed by atoms with Gasteiger partial charge in [-0.3, -0.25) is 4.79 Å². The van der Waals surface area contributed by atoms with Gasteiger partial charge in [-0.15, -0.1) is 0 Å². The summed E-state index contributed by atoms with van der Waals surface area (Å²) in [6, 6.07) is 10.3. The third-order valence-electron chi connectivity index (χ3n) is 3.23. The summed E-state index contributed by atoms with van der Waals surface area (Å²) in [5.41, 5.74) is 0.710. The number of pyridine rings is 1. The van der Waals surface area contributed by atoms with Crippen molar-refractivity contribution in [1.29, 1.82) is 0 Å². The van der Waals surface area contributed by atoms with Gasteiger partial charge in [0.2, 0.25) is 0 Å². The lowest BCUT2D eigenvalue weighted by atomic mass is 10.1. The van der Waals surface area contributed by atoms with Crippen LogP contribution in [0.15, 0.2) is 41.2 Å². The van der Waals surface area contributed by atoms with Crippen molar-refractivity contribution in [1.82, 2.24) is 4.57 Å². The lowest BCUT2D eigenvalue weighted by Gasteiger charge is -2.15. The molecule has 0 atom stereocenters. The summed E-state index contributed by atoms with van der Waals surface area (Å²) in [7, 11) is 1.56. The van der Waals surface area contributed by atoms with Gasteiger partial charge in [-0.05, 0) is 30.7 Å². The second-order valence-corrected chi connectivity index (χ2v) is 4.59. The first kappa shape index (κ1) is 14.8. The summed E-state index contributed by atoms with van der Waals surface area (Å²) >= 11 is 0. The van der Waals surface area contributed by atoms with Crippen LogP contribution < -0.4 is 10.3 Å². The molecule has 1 heterocycles. The molecule has 110 valence electrons. The maximum atomic E-state index is 12.3. The fourth-order valence-corrected chi connectivity index (χ4v) is 2.28. The molecule has 0 aliphatic rings. The lowest BCUT2D eigenvalue weighted by molar-refractivity contribution is 0.0694. The third kappa shape index (κ3) is 2.81. The van der Waals surface area contributed by atoms with E-state index in [4.69, 9.17) is 9.84 Å². The van der Waals surface area contributed by atoms with E-state index in [1.165, 1.54) is 10.6 Å². The maximum Gasteiger partial charge on any atom is 0.341 e. The van der Waals surface area contributed by atoms with Crippen LogP contribution >= 0.6 is 0 Å². The van der Waals surface area contributed by atoms with E-state index < -0.39 is 11.5 Å². The SMILES string of the molecule is CCCn1c(-c2ccccc2OC)ccc(C(=O)O)c1=O. The van der Waals surface area contributed by atoms with Gasteiger partial charge in [-0.2, -0.15) is 0 Å². The predicted molar refractivity (Wildman–Crippen MR) is 79.9 cm³/mol. The molecule has 1 N–H and O–H groups in total. The molecule has 0 radical (unpaired) electrons. The van der Waals surface area contributed by atoms with Gasteiger partial charge >= 0.3 is 5.97 Å². The van der Waals surface area contributed by atoms with Crippen LogP contribution in [0.1, 0.15) is 23.7 Å². The zero-order valence-corrected chi connectivity index (χ0v) is 12.0. The normalized spacial score (nSPS) is 10.4. The molecule has 0 saturated carbocycles. The summed E-state index contributed by atoms with van der Waals surface area (Å²) in [5.74, 6) is -0.568. The van der Waals surface area contributed by atoms with Crippen molar-refractivity contribution in [2.75, 3.05) is 7.11 Å². The average Bonchev–Trinajstić information content (AvgIpc) is 2.49. The molecule has 0 bridgehead atoms. The minimum absolute atomic E-state index is 0.220. The second-order valence-electron chi connectivity index (χ2n) is 4.59. The van der Waals surface area contributed by atoms with E-state index in [9.17, 15) is 9.59 Å². The summed E-state index contributed by atoms with van der Waals surface area (Å²) < 4.78 is 6.81. The molecule has 0 fully saturated rings. The van der Waals surface area contributed by atoms with Crippen molar-refractivity contribution in [2.24, 2.45) is 0 Å². The Kier molecular flexibility index (Phi) is 4.42. The zero-order valence-electron chi connectivity index (χ0n) is 12.0. The number of ether oxygens (including phenoxy) is 1. The Balaban J connectivity index is 2.72. The van der Waals surface area contributed by atoms with E-state index in [2.05, 4.69) is 0 Å². The first-order valence-electron chi connectivity index (χ1n) is 6.70. The van der Waals surface area contributed by atoms with Gasteiger partial charge in [0.05, 0.1) is 12.8 Å². The molecule has 0 saturated heterocycles. The Morgan fingerprint density at radius 2 is 1.95 bits per heavy atom. The summed E-state index contributed by atoms with van der Waals surface area (Å²) in [6.07, 6.45) is 0.727. The number of nitrogens with zero attached hydrogens (tertiary/aromatic N) is 1. The largest absolute Gasteiger partial charge is 0.496 e. The molecule has 2 rings (SSSR count). The molecule has 0 aliphatic carbocycles. The van der Waals surface area contributed by atoms with Gasteiger partial charge in [0, 0.05) is 12.1 Å². The molecule has 5 nitrogen and oxygen atoms in total. The number of carboxylic acid groups (broad SMARTS) is 1. The fraction of sp³-hybridized carbons (Fsp3) is 0.250. The smallest absolute Gasteiger partial charge is 0.341 e. The van der Waals surface area contributed by atoms with E-state index >= 15 is 0 Å². The van der Waals surface area contributed by atoms with E-state index in [1.807, 2.05) is 25.1 Å². The van der Waals surface area contributed by atoms with Crippen molar-refractivity contribution in [3.63, 3.8) is 0 Å². The molecule has 0 spiro atoms. The van der Waals surface area contributed by atoms with Crippen LogP contribution in [0.25, 0.3) is 11.3 Å².